The molecule has 0 unspecified atom stereocenters. The minimum atomic E-state index is -0.715. The lowest BCUT2D eigenvalue weighted by atomic mass is 10.1. The Morgan fingerprint density at radius 2 is 1.72 bits per heavy atom. The van der Waals surface area contributed by atoms with Crippen molar-refractivity contribution in [1.29, 1.82) is 0 Å². The van der Waals surface area contributed by atoms with Gasteiger partial charge in [0.25, 0.3) is 5.91 Å². The van der Waals surface area contributed by atoms with Crippen molar-refractivity contribution < 1.29 is 19.4 Å². The summed E-state index contributed by atoms with van der Waals surface area (Å²) in [6, 6.07) is 16.2. The molecule has 3 rings (SSSR count). The molecule has 132 valence electrons. The molecule has 1 saturated carbocycles. The second-order valence-electron chi connectivity index (χ2n) is 6.25. The van der Waals surface area contributed by atoms with Crippen LogP contribution in [0.25, 0.3) is 0 Å². The van der Waals surface area contributed by atoms with Crippen molar-refractivity contribution in [2.75, 3.05) is 14.2 Å². The van der Waals surface area contributed by atoms with Gasteiger partial charge in [-0.1, -0.05) is 18.2 Å². The first-order chi connectivity index (χ1) is 12.1. The maximum Gasteiger partial charge on any atom is 0.253 e. The fraction of sp³-hybridized carbons (Fsp3) is 0.350. The van der Waals surface area contributed by atoms with Crippen molar-refractivity contribution in [1.82, 2.24) is 4.90 Å². The third kappa shape index (κ3) is 3.77. The van der Waals surface area contributed by atoms with E-state index in [0.29, 0.717) is 24.2 Å². The summed E-state index contributed by atoms with van der Waals surface area (Å²) in [6.07, 6.45) is 0.392. The Morgan fingerprint density at radius 1 is 1.04 bits per heavy atom. The zero-order valence-electron chi connectivity index (χ0n) is 14.5. The first-order valence-electron chi connectivity index (χ1n) is 8.41. The summed E-state index contributed by atoms with van der Waals surface area (Å²) in [6.45, 7) is 0. The number of methoxy groups -OCH3 is 1. The molecule has 0 radical (unpaired) electrons. The van der Waals surface area contributed by atoms with Gasteiger partial charge in [0.05, 0.1) is 13.2 Å². The van der Waals surface area contributed by atoms with Crippen LogP contribution in [0, 0.1) is 0 Å². The molecule has 1 fully saturated rings. The number of nitrogens with zero attached hydrogens (tertiary/aromatic N) is 1. The number of likely N-dealkylation sites (N-methyl/N-ethyl adjacent to an activating group) is 1. The van der Waals surface area contributed by atoms with Crippen LogP contribution in [-0.4, -0.2) is 48.3 Å². The molecule has 0 bridgehead atoms. The number of benzene rings is 2. The fourth-order valence-electron chi connectivity index (χ4n) is 3.24. The SMILES string of the molecule is COc1ccc(C(=O)N(C)[C@@H]2CC[C@H](Oc3ccccc3)[C@H]2O)cc1. The molecule has 1 aliphatic rings. The molecule has 0 aliphatic heterocycles. The summed E-state index contributed by atoms with van der Waals surface area (Å²) in [4.78, 5) is 14.3. The van der Waals surface area contributed by atoms with Crippen molar-refractivity contribution >= 4 is 5.91 Å². The van der Waals surface area contributed by atoms with Crippen LogP contribution in [0.4, 0.5) is 0 Å². The molecule has 1 N–H and O–H groups in total. The van der Waals surface area contributed by atoms with Crippen molar-refractivity contribution in [3.63, 3.8) is 0 Å². The number of carbonyl (C=O) groups is 1. The number of aliphatic hydroxyl groups is 1. The lowest BCUT2D eigenvalue weighted by molar-refractivity contribution is 0.0166. The van der Waals surface area contributed by atoms with Crippen LogP contribution in [0.1, 0.15) is 23.2 Å². The highest BCUT2D eigenvalue weighted by Gasteiger charge is 2.40. The number of rotatable bonds is 5. The third-order valence-electron chi connectivity index (χ3n) is 4.71. The predicted molar refractivity (Wildman–Crippen MR) is 95.0 cm³/mol. The molecular formula is C20H23NO4. The Hall–Kier alpha value is -2.53. The lowest BCUT2D eigenvalue weighted by Crippen LogP contribution is -2.45. The van der Waals surface area contributed by atoms with Crippen LogP contribution < -0.4 is 9.47 Å². The van der Waals surface area contributed by atoms with Gasteiger partial charge in [0, 0.05) is 12.6 Å². The van der Waals surface area contributed by atoms with Gasteiger partial charge in [-0.3, -0.25) is 4.79 Å². The van der Waals surface area contributed by atoms with Gasteiger partial charge >= 0.3 is 0 Å². The van der Waals surface area contributed by atoms with E-state index >= 15 is 0 Å². The standard InChI is InChI=1S/C20H23NO4/c1-21(20(23)14-8-10-15(24-2)11-9-14)17-12-13-18(19(17)22)25-16-6-4-3-5-7-16/h3-11,17-19,22H,12-13H2,1-2H3/t17-,18+,19+/m1/s1. The minimum absolute atomic E-state index is 0.118. The van der Waals surface area contributed by atoms with E-state index in [0.717, 1.165) is 5.75 Å². The summed E-state index contributed by atoms with van der Waals surface area (Å²) >= 11 is 0. The quantitative estimate of drug-likeness (QED) is 0.908. The van der Waals surface area contributed by atoms with Crippen LogP contribution >= 0.6 is 0 Å². The molecule has 0 saturated heterocycles. The van der Waals surface area contributed by atoms with Gasteiger partial charge in [0.1, 0.15) is 23.7 Å². The van der Waals surface area contributed by atoms with E-state index in [1.165, 1.54) is 0 Å². The monoisotopic (exact) mass is 341 g/mol. The van der Waals surface area contributed by atoms with Crippen molar-refractivity contribution in [2.45, 2.75) is 31.1 Å². The smallest absolute Gasteiger partial charge is 0.253 e. The maximum atomic E-state index is 12.7. The Kier molecular flexibility index (Phi) is 5.24. The number of hydrogen-bond donors (Lipinski definition) is 1. The molecule has 2 aromatic carbocycles. The summed E-state index contributed by atoms with van der Waals surface area (Å²) in [7, 11) is 3.32. The number of ether oxygens (including phenoxy) is 2. The van der Waals surface area contributed by atoms with Gasteiger partial charge in [-0.15, -0.1) is 0 Å². The Balaban J connectivity index is 1.65. The zero-order chi connectivity index (χ0) is 17.8. The number of aliphatic hydroxyl groups excluding tert-OH is 1. The molecule has 0 spiro atoms. The van der Waals surface area contributed by atoms with Crippen molar-refractivity contribution in [2.24, 2.45) is 0 Å². The van der Waals surface area contributed by atoms with Gasteiger partial charge in [-0.2, -0.15) is 0 Å². The first kappa shape index (κ1) is 17.3. The number of amides is 1. The molecule has 2 aromatic rings. The second kappa shape index (κ2) is 7.57. The highest BCUT2D eigenvalue weighted by Crippen LogP contribution is 2.29. The molecule has 0 heterocycles. The normalized spacial score (nSPS) is 22.4. The molecule has 1 aliphatic carbocycles. The van der Waals surface area contributed by atoms with E-state index in [4.69, 9.17) is 9.47 Å². The molecule has 3 atom stereocenters. The highest BCUT2D eigenvalue weighted by molar-refractivity contribution is 5.94. The van der Waals surface area contributed by atoms with E-state index in [1.807, 2.05) is 30.3 Å². The van der Waals surface area contributed by atoms with Gasteiger partial charge in [0.15, 0.2) is 0 Å². The second-order valence-corrected chi connectivity index (χ2v) is 6.25. The Morgan fingerprint density at radius 3 is 2.36 bits per heavy atom. The number of hydrogen-bond acceptors (Lipinski definition) is 4. The van der Waals surface area contributed by atoms with Gasteiger partial charge in [-0.05, 0) is 49.2 Å². The number of carbonyl (C=O) groups excluding carboxylic acids is 1. The van der Waals surface area contributed by atoms with E-state index in [-0.39, 0.29) is 18.1 Å². The van der Waals surface area contributed by atoms with Gasteiger partial charge in [0.2, 0.25) is 0 Å². The topological polar surface area (TPSA) is 59.0 Å². The molecule has 25 heavy (non-hydrogen) atoms. The van der Waals surface area contributed by atoms with E-state index in [9.17, 15) is 9.90 Å². The average molecular weight is 341 g/mol. The van der Waals surface area contributed by atoms with Crippen molar-refractivity contribution in [3.8, 4) is 11.5 Å². The largest absolute Gasteiger partial charge is 0.497 e. The zero-order valence-corrected chi connectivity index (χ0v) is 14.5. The predicted octanol–water partition coefficient (Wildman–Crippen LogP) is 2.74. The average Bonchev–Trinajstić information content (AvgIpc) is 3.02. The van der Waals surface area contributed by atoms with Crippen LogP contribution in [0.5, 0.6) is 11.5 Å². The lowest BCUT2D eigenvalue weighted by Gasteiger charge is -2.29. The van der Waals surface area contributed by atoms with E-state index in [1.54, 1.807) is 43.3 Å². The van der Waals surface area contributed by atoms with Gasteiger partial charge < -0.3 is 19.5 Å². The fourth-order valence-corrected chi connectivity index (χ4v) is 3.24. The molecule has 5 heteroatoms. The Bertz CT molecular complexity index is 701. The van der Waals surface area contributed by atoms with Crippen LogP contribution in [0.3, 0.4) is 0 Å². The maximum absolute atomic E-state index is 12.7. The highest BCUT2D eigenvalue weighted by atomic mass is 16.5. The summed E-state index contributed by atoms with van der Waals surface area (Å²) in [5, 5.41) is 10.6. The van der Waals surface area contributed by atoms with Crippen LogP contribution in [-0.2, 0) is 0 Å². The Labute approximate surface area is 147 Å². The minimum Gasteiger partial charge on any atom is -0.497 e. The molecule has 5 nitrogen and oxygen atoms in total. The third-order valence-corrected chi connectivity index (χ3v) is 4.71. The number of para-hydroxylation sites is 1. The van der Waals surface area contributed by atoms with Crippen LogP contribution in [0.15, 0.2) is 54.6 Å². The molecule has 0 aromatic heterocycles. The summed E-state index contributed by atoms with van der Waals surface area (Å²) in [5.41, 5.74) is 0.572. The molecular weight excluding hydrogens is 318 g/mol. The van der Waals surface area contributed by atoms with E-state index < -0.39 is 6.10 Å². The first-order valence-corrected chi connectivity index (χ1v) is 8.41. The summed E-state index contributed by atoms with van der Waals surface area (Å²) in [5.74, 6) is 1.32. The van der Waals surface area contributed by atoms with E-state index in [2.05, 4.69) is 0 Å². The van der Waals surface area contributed by atoms with Crippen molar-refractivity contribution in [3.05, 3.63) is 60.2 Å². The van der Waals surface area contributed by atoms with Gasteiger partial charge in [-0.25, -0.2) is 0 Å². The molecule has 1 amide bonds. The summed E-state index contributed by atoms with van der Waals surface area (Å²) < 4.78 is 11.0. The van der Waals surface area contributed by atoms with Crippen LogP contribution in [0.2, 0.25) is 0 Å².